The maximum atomic E-state index is 6.16. The molecule has 2 N–H and O–H groups in total. The number of guanidine groups is 1. The molecule has 0 saturated carbocycles. The lowest BCUT2D eigenvalue weighted by Crippen LogP contribution is -2.48. The first kappa shape index (κ1) is 13.2. The van der Waals surface area contributed by atoms with Crippen molar-refractivity contribution < 1.29 is 0 Å². The van der Waals surface area contributed by atoms with Gasteiger partial charge in [0.15, 0.2) is 5.96 Å². The van der Waals surface area contributed by atoms with Crippen molar-refractivity contribution in [3.63, 3.8) is 0 Å². The van der Waals surface area contributed by atoms with E-state index in [9.17, 15) is 0 Å². The van der Waals surface area contributed by atoms with Crippen LogP contribution in [0.2, 0.25) is 0 Å². The zero-order valence-corrected chi connectivity index (χ0v) is 12.4. The zero-order valence-electron chi connectivity index (χ0n) is 11.6. The van der Waals surface area contributed by atoms with E-state index >= 15 is 0 Å². The van der Waals surface area contributed by atoms with Gasteiger partial charge in [-0.1, -0.05) is 43.3 Å². The Morgan fingerprint density at radius 3 is 2.70 bits per heavy atom. The number of hydrogen-bond acceptors (Lipinski definition) is 4. The molecule has 0 fully saturated rings. The van der Waals surface area contributed by atoms with Crippen molar-refractivity contribution >= 4 is 17.3 Å². The maximum absolute atomic E-state index is 6.16. The summed E-state index contributed by atoms with van der Waals surface area (Å²) >= 11 is 1.77. The maximum Gasteiger partial charge on any atom is 0.192 e. The van der Waals surface area contributed by atoms with Gasteiger partial charge in [0.25, 0.3) is 0 Å². The molecule has 0 amide bonds. The quantitative estimate of drug-likeness (QED) is 0.937. The van der Waals surface area contributed by atoms with Crippen LogP contribution in [-0.4, -0.2) is 17.4 Å². The van der Waals surface area contributed by atoms with Crippen LogP contribution in [0, 0.1) is 0 Å². The molecule has 104 valence electrons. The van der Waals surface area contributed by atoms with Crippen molar-refractivity contribution in [1.29, 1.82) is 0 Å². The molecule has 1 unspecified atom stereocenters. The second-order valence-corrected chi connectivity index (χ2v) is 6.12. The lowest BCUT2D eigenvalue weighted by atomic mass is 9.86. The van der Waals surface area contributed by atoms with E-state index in [-0.39, 0.29) is 5.54 Å². The number of rotatable bonds is 4. The Balaban J connectivity index is 1.97. The fourth-order valence-electron chi connectivity index (χ4n) is 2.89. The van der Waals surface area contributed by atoms with Crippen LogP contribution in [0.1, 0.15) is 23.8 Å². The Hall–Kier alpha value is -1.81. The number of thiophene rings is 1. The van der Waals surface area contributed by atoms with Crippen LogP contribution in [0.3, 0.4) is 0 Å². The van der Waals surface area contributed by atoms with Crippen LogP contribution in [-0.2, 0) is 12.1 Å². The summed E-state index contributed by atoms with van der Waals surface area (Å²) in [6.45, 7) is 3.78. The Bertz CT molecular complexity index is 591. The highest BCUT2D eigenvalue weighted by Crippen LogP contribution is 2.37. The third-order valence-electron chi connectivity index (χ3n) is 4.09. The normalized spacial score (nSPS) is 22.1. The standard InChI is InChI=1S/C16H19N3S/c1-2-16(13-7-4-3-5-8-13)12-18-15(17)19(16)11-14-9-6-10-20-14/h3-10H,2,11-12H2,1H3,(H2,17,18). The first-order valence-corrected chi connectivity index (χ1v) is 7.80. The van der Waals surface area contributed by atoms with Gasteiger partial charge < -0.3 is 10.6 Å². The molecule has 0 aliphatic carbocycles. The summed E-state index contributed by atoms with van der Waals surface area (Å²) in [6, 6.07) is 14.8. The van der Waals surface area contributed by atoms with Gasteiger partial charge in [0.1, 0.15) is 0 Å². The summed E-state index contributed by atoms with van der Waals surface area (Å²) in [5.41, 5.74) is 7.36. The van der Waals surface area contributed by atoms with Crippen LogP contribution in [0.15, 0.2) is 52.8 Å². The number of nitrogens with two attached hydrogens (primary N) is 1. The van der Waals surface area contributed by atoms with E-state index in [0.29, 0.717) is 5.96 Å². The molecule has 1 atom stereocenters. The molecule has 1 aromatic heterocycles. The fraction of sp³-hybridized carbons (Fsp3) is 0.312. The molecular formula is C16H19N3S. The SMILES string of the molecule is CCC1(c2ccccc2)CN=C(N)N1Cc1cccs1. The largest absolute Gasteiger partial charge is 0.370 e. The van der Waals surface area contributed by atoms with Gasteiger partial charge in [0, 0.05) is 4.88 Å². The minimum Gasteiger partial charge on any atom is -0.370 e. The summed E-state index contributed by atoms with van der Waals surface area (Å²) in [5.74, 6) is 0.657. The molecule has 0 saturated heterocycles. The van der Waals surface area contributed by atoms with E-state index in [1.54, 1.807) is 11.3 Å². The van der Waals surface area contributed by atoms with Crippen molar-refractivity contribution in [3.05, 3.63) is 58.3 Å². The van der Waals surface area contributed by atoms with Crippen molar-refractivity contribution in [2.45, 2.75) is 25.4 Å². The number of benzene rings is 1. The van der Waals surface area contributed by atoms with E-state index in [4.69, 9.17) is 5.73 Å². The second kappa shape index (κ2) is 5.29. The first-order valence-electron chi connectivity index (χ1n) is 6.92. The van der Waals surface area contributed by atoms with Gasteiger partial charge >= 0.3 is 0 Å². The fourth-order valence-corrected chi connectivity index (χ4v) is 3.59. The summed E-state index contributed by atoms with van der Waals surface area (Å²) < 4.78 is 0. The van der Waals surface area contributed by atoms with Gasteiger partial charge in [-0.3, -0.25) is 4.99 Å². The van der Waals surface area contributed by atoms with E-state index in [1.807, 2.05) is 0 Å². The topological polar surface area (TPSA) is 41.6 Å². The average Bonchev–Trinajstić information content (AvgIpc) is 3.11. The molecule has 0 radical (unpaired) electrons. The molecule has 3 rings (SSSR count). The number of hydrogen-bond donors (Lipinski definition) is 1. The van der Waals surface area contributed by atoms with E-state index < -0.39 is 0 Å². The monoisotopic (exact) mass is 285 g/mol. The van der Waals surface area contributed by atoms with Gasteiger partial charge in [-0.05, 0) is 23.4 Å². The highest BCUT2D eigenvalue weighted by atomic mass is 32.1. The summed E-state index contributed by atoms with van der Waals surface area (Å²) in [7, 11) is 0. The third kappa shape index (κ3) is 2.10. The van der Waals surface area contributed by atoms with Gasteiger partial charge in [0.05, 0.1) is 18.6 Å². The predicted octanol–water partition coefficient (Wildman–Crippen LogP) is 3.18. The zero-order chi connectivity index (χ0) is 14.0. The molecule has 0 spiro atoms. The van der Waals surface area contributed by atoms with Crippen LogP contribution in [0.4, 0.5) is 0 Å². The van der Waals surface area contributed by atoms with Crippen LogP contribution in [0.25, 0.3) is 0 Å². The highest BCUT2D eigenvalue weighted by molar-refractivity contribution is 7.09. The third-order valence-corrected chi connectivity index (χ3v) is 4.95. The molecule has 4 heteroatoms. The molecule has 20 heavy (non-hydrogen) atoms. The number of nitrogens with zero attached hydrogens (tertiary/aromatic N) is 2. The van der Waals surface area contributed by atoms with Crippen molar-refractivity contribution in [3.8, 4) is 0 Å². The summed E-state index contributed by atoms with van der Waals surface area (Å²) in [5, 5.41) is 2.11. The van der Waals surface area contributed by atoms with Crippen molar-refractivity contribution in [2.24, 2.45) is 10.7 Å². The molecule has 1 aliphatic heterocycles. The molecular weight excluding hydrogens is 266 g/mol. The Kier molecular flexibility index (Phi) is 3.49. The molecule has 1 aliphatic rings. The van der Waals surface area contributed by atoms with E-state index in [0.717, 1.165) is 19.5 Å². The van der Waals surface area contributed by atoms with Crippen molar-refractivity contribution in [1.82, 2.24) is 4.90 Å². The van der Waals surface area contributed by atoms with Gasteiger partial charge in [-0.15, -0.1) is 11.3 Å². The summed E-state index contributed by atoms with van der Waals surface area (Å²) in [6.07, 6.45) is 0.993. The average molecular weight is 285 g/mol. The minimum atomic E-state index is -0.102. The Morgan fingerprint density at radius 2 is 2.05 bits per heavy atom. The molecule has 0 bridgehead atoms. The van der Waals surface area contributed by atoms with Crippen LogP contribution < -0.4 is 5.73 Å². The highest BCUT2D eigenvalue weighted by Gasteiger charge is 2.42. The number of aliphatic imine (C=N–C) groups is 1. The van der Waals surface area contributed by atoms with Crippen LogP contribution >= 0.6 is 11.3 Å². The minimum absolute atomic E-state index is 0.102. The van der Waals surface area contributed by atoms with Crippen LogP contribution in [0.5, 0.6) is 0 Å². The second-order valence-electron chi connectivity index (χ2n) is 5.09. The van der Waals surface area contributed by atoms with Gasteiger partial charge in [0.2, 0.25) is 0 Å². The molecule has 2 heterocycles. The van der Waals surface area contributed by atoms with E-state index in [2.05, 4.69) is 64.7 Å². The predicted molar refractivity (Wildman–Crippen MR) is 84.8 cm³/mol. The van der Waals surface area contributed by atoms with E-state index in [1.165, 1.54) is 10.4 Å². The van der Waals surface area contributed by atoms with Gasteiger partial charge in [-0.25, -0.2) is 0 Å². The molecule has 2 aromatic rings. The summed E-state index contributed by atoms with van der Waals surface area (Å²) in [4.78, 5) is 8.10. The van der Waals surface area contributed by atoms with Gasteiger partial charge in [-0.2, -0.15) is 0 Å². The Morgan fingerprint density at radius 1 is 1.25 bits per heavy atom. The van der Waals surface area contributed by atoms with Crippen molar-refractivity contribution in [2.75, 3.05) is 6.54 Å². The molecule has 1 aromatic carbocycles. The Labute approximate surface area is 123 Å². The molecule has 3 nitrogen and oxygen atoms in total. The lowest BCUT2D eigenvalue weighted by Gasteiger charge is -2.39. The first-order chi connectivity index (χ1) is 9.76. The lowest BCUT2D eigenvalue weighted by molar-refractivity contribution is 0.188. The smallest absolute Gasteiger partial charge is 0.192 e.